The molecule has 0 radical (unpaired) electrons. The van der Waals surface area contributed by atoms with Crippen LogP contribution in [0.2, 0.25) is 0 Å². The topological polar surface area (TPSA) is 75.6 Å². The Morgan fingerprint density at radius 2 is 1.92 bits per heavy atom. The van der Waals surface area contributed by atoms with Crippen molar-refractivity contribution < 1.29 is 19.4 Å². The Balaban J connectivity index is 1.85. The fourth-order valence-electron chi connectivity index (χ4n) is 2.19. The summed E-state index contributed by atoms with van der Waals surface area (Å²) in [4.78, 5) is 23.1. The van der Waals surface area contributed by atoms with Crippen LogP contribution in [0.25, 0.3) is 0 Å². The Morgan fingerprint density at radius 1 is 1.29 bits per heavy atom. The van der Waals surface area contributed by atoms with E-state index < -0.39 is 17.4 Å². The van der Waals surface area contributed by atoms with Gasteiger partial charge in [0, 0.05) is 0 Å². The minimum Gasteiger partial charge on any atom is -0.484 e. The molecule has 0 aliphatic carbocycles. The summed E-state index contributed by atoms with van der Waals surface area (Å²) in [5.41, 5.74) is -0.00866. The fourth-order valence-corrected chi connectivity index (χ4v) is 5.08. The Labute approximate surface area is 150 Å². The summed E-state index contributed by atoms with van der Waals surface area (Å²) in [5.74, 6) is 1.49. The molecule has 5 nitrogen and oxygen atoms in total. The van der Waals surface area contributed by atoms with E-state index in [9.17, 15) is 9.59 Å². The first kappa shape index (κ1) is 19.0. The number of hydrogen-bond donors (Lipinski definition) is 2. The van der Waals surface area contributed by atoms with E-state index in [1.165, 1.54) is 30.4 Å². The Morgan fingerprint density at radius 3 is 2.46 bits per heavy atom. The van der Waals surface area contributed by atoms with Crippen molar-refractivity contribution in [2.45, 2.75) is 36.8 Å². The molecule has 1 amide bonds. The van der Waals surface area contributed by atoms with Gasteiger partial charge < -0.3 is 15.2 Å². The highest BCUT2D eigenvalue weighted by Crippen LogP contribution is 2.43. The van der Waals surface area contributed by atoms with Crippen molar-refractivity contribution in [3.05, 3.63) is 29.8 Å². The van der Waals surface area contributed by atoms with Gasteiger partial charge in [-0.1, -0.05) is 19.1 Å². The minimum atomic E-state index is -1.26. The number of carboxylic acid groups (broad SMARTS) is 1. The van der Waals surface area contributed by atoms with E-state index >= 15 is 0 Å². The zero-order valence-corrected chi connectivity index (χ0v) is 15.5. The highest BCUT2D eigenvalue weighted by atomic mass is 32.2. The third-order valence-electron chi connectivity index (χ3n) is 3.94. The zero-order chi connectivity index (χ0) is 17.6. The quantitative estimate of drug-likeness (QED) is 0.768. The van der Waals surface area contributed by atoms with Crippen molar-refractivity contribution in [1.82, 2.24) is 5.32 Å². The van der Waals surface area contributed by atoms with Gasteiger partial charge in [0.05, 0.1) is 4.58 Å². The van der Waals surface area contributed by atoms with Gasteiger partial charge in [0.1, 0.15) is 11.3 Å². The van der Waals surface area contributed by atoms with Crippen LogP contribution >= 0.6 is 23.5 Å². The van der Waals surface area contributed by atoms with Crippen LogP contribution < -0.4 is 10.1 Å². The molecule has 7 heteroatoms. The van der Waals surface area contributed by atoms with Crippen LogP contribution in [0.15, 0.2) is 24.3 Å². The molecule has 24 heavy (non-hydrogen) atoms. The molecule has 1 fully saturated rings. The number of thioether (sulfide) groups is 2. The van der Waals surface area contributed by atoms with E-state index in [0.29, 0.717) is 16.8 Å². The summed E-state index contributed by atoms with van der Waals surface area (Å²) in [6.07, 6.45) is 1.56. The number of rotatable bonds is 7. The van der Waals surface area contributed by atoms with Crippen LogP contribution in [-0.4, -0.2) is 40.6 Å². The second-order valence-electron chi connectivity index (χ2n) is 5.82. The van der Waals surface area contributed by atoms with Gasteiger partial charge in [0.25, 0.3) is 5.91 Å². The molecule has 0 aromatic heterocycles. The van der Waals surface area contributed by atoms with Crippen LogP contribution in [0.5, 0.6) is 5.75 Å². The second-order valence-corrected chi connectivity index (χ2v) is 8.55. The number of nitrogens with one attached hydrogen (secondary N) is 1. The molecule has 1 saturated heterocycles. The van der Waals surface area contributed by atoms with Gasteiger partial charge in [-0.25, -0.2) is 4.79 Å². The van der Waals surface area contributed by atoms with Crippen LogP contribution in [0.4, 0.5) is 0 Å². The third kappa shape index (κ3) is 5.08. The van der Waals surface area contributed by atoms with Crippen molar-refractivity contribution in [3.63, 3.8) is 0 Å². The highest BCUT2D eigenvalue weighted by molar-refractivity contribution is 8.16. The Kier molecular flexibility index (Phi) is 6.86. The van der Waals surface area contributed by atoms with Crippen molar-refractivity contribution in [2.24, 2.45) is 0 Å². The van der Waals surface area contributed by atoms with Gasteiger partial charge in [0.15, 0.2) is 6.61 Å². The average molecular weight is 370 g/mol. The fraction of sp³-hybridized carbons (Fsp3) is 0.529. The summed E-state index contributed by atoms with van der Waals surface area (Å²) < 4.78 is 5.93. The molecular weight excluding hydrogens is 346 g/mol. The lowest BCUT2D eigenvalue weighted by Crippen LogP contribution is -2.53. The molecule has 0 saturated carbocycles. The lowest BCUT2D eigenvalue weighted by molar-refractivity contribution is -0.147. The number of hydrogen-bond acceptors (Lipinski definition) is 5. The second kappa shape index (κ2) is 8.67. The van der Waals surface area contributed by atoms with E-state index in [1.807, 2.05) is 47.8 Å². The molecular formula is C17H23NO4S2. The summed E-state index contributed by atoms with van der Waals surface area (Å²) in [6.45, 7) is 3.01. The van der Waals surface area contributed by atoms with Gasteiger partial charge in [-0.05, 0) is 49.0 Å². The van der Waals surface area contributed by atoms with E-state index in [1.54, 1.807) is 6.92 Å². The number of carboxylic acids is 1. The van der Waals surface area contributed by atoms with Crippen LogP contribution in [0, 0.1) is 0 Å². The molecule has 1 aromatic carbocycles. The van der Waals surface area contributed by atoms with Crippen molar-refractivity contribution in [1.29, 1.82) is 0 Å². The summed E-state index contributed by atoms with van der Waals surface area (Å²) in [5, 5.41) is 11.7. The number of aliphatic carboxylic acids is 1. The van der Waals surface area contributed by atoms with Gasteiger partial charge >= 0.3 is 5.97 Å². The van der Waals surface area contributed by atoms with E-state index in [2.05, 4.69) is 5.32 Å². The molecule has 1 heterocycles. The molecule has 1 aliphatic rings. The predicted octanol–water partition coefficient (Wildman–Crippen LogP) is 3.30. The SMILES string of the molecule is CCC(C)(NC(=O)COc1ccc(C2SCCCS2)cc1)C(=O)O. The number of carbonyl (C=O) groups is 2. The van der Waals surface area contributed by atoms with E-state index in [4.69, 9.17) is 9.84 Å². The molecule has 0 bridgehead atoms. The molecule has 1 unspecified atom stereocenters. The van der Waals surface area contributed by atoms with Gasteiger partial charge in [-0.15, -0.1) is 23.5 Å². The molecule has 2 rings (SSSR count). The smallest absolute Gasteiger partial charge is 0.329 e. The monoisotopic (exact) mass is 369 g/mol. The molecule has 132 valence electrons. The van der Waals surface area contributed by atoms with E-state index in [-0.39, 0.29) is 6.61 Å². The first-order valence-electron chi connectivity index (χ1n) is 7.95. The molecule has 2 N–H and O–H groups in total. The highest BCUT2D eigenvalue weighted by Gasteiger charge is 2.32. The number of carbonyl (C=O) groups excluding carboxylic acids is 1. The Hall–Kier alpha value is -1.34. The minimum absolute atomic E-state index is 0.199. The maximum absolute atomic E-state index is 11.9. The summed E-state index contributed by atoms with van der Waals surface area (Å²) in [6, 6.07) is 7.76. The molecule has 1 atom stereocenters. The van der Waals surface area contributed by atoms with Gasteiger partial charge in [0.2, 0.25) is 0 Å². The maximum atomic E-state index is 11.9. The number of benzene rings is 1. The van der Waals surface area contributed by atoms with Crippen molar-refractivity contribution in [3.8, 4) is 5.75 Å². The lowest BCUT2D eigenvalue weighted by Gasteiger charge is -2.24. The van der Waals surface area contributed by atoms with E-state index in [0.717, 1.165) is 0 Å². The number of amides is 1. The standard InChI is InChI=1S/C17H23NO4S2/c1-3-17(2,16(20)21)18-14(19)11-22-13-7-5-12(6-8-13)15-23-9-4-10-24-15/h5-8,15H,3-4,9-11H2,1-2H3,(H,18,19)(H,20,21). The summed E-state index contributed by atoms with van der Waals surface area (Å²) >= 11 is 3.91. The van der Waals surface area contributed by atoms with Crippen molar-refractivity contribution >= 4 is 35.4 Å². The van der Waals surface area contributed by atoms with Gasteiger partial charge in [-0.2, -0.15) is 0 Å². The van der Waals surface area contributed by atoms with Crippen LogP contribution in [0.1, 0.15) is 36.8 Å². The largest absolute Gasteiger partial charge is 0.484 e. The third-order valence-corrected chi connectivity index (χ3v) is 6.96. The average Bonchev–Trinajstić information content (AvgIpc) is 2.61. The predicted molar refractivity (Wildman–Crippen MR) is 98.7 cm³/mol. The zero-order valence-electron chi connectivity index (χ0n) is 13.9. The number of ether oxygens (including phenoxy) is 1. The van der Waals surface area contributed by atoms with Gasteiger partial charge in [-0.3, -0.25) is 4.79 Å². The summed E-state index contributed by atoms with van der Waals surface area (Å²) in [7, 11) is 0. The molecule has 1 aromatic rings. The molecule has 1 aliphatic heterocycles. The first-order valence-corrected chi connectivity index (χ1v) is 10.0. The lowest BCUT2D eigenvalue weighted by atomic mass is 9.99. The van der Waals surface area contributed by atoms with Crippen molar-refractivity contribution in [2.75, 3.05) is 18.1 Å². The van der Waals surface area contributed by atoms with Crippen LogP contribution in [-0.2, 0) is 9.59 Å². The molecule has 0 spiro atoms. The maximum Gasteiger partial charge on any atom is 0.329 e. The normalized spacial score (nSPS) is 17.8. The first-order chi connectivity index (χ1) is 11.4. The Bertz CT molecular complexity index is 572. The van der Waals surface area contributed by atoms with Crippen LogP contribution in [0.3, 0.4) is 0 Å².